The lowest BCUT2D eigenvalue weighted by Gasteiger charge is -1.98. The normalized spacial score (nSPS) is 10.9. The number of nitrogens with zero attached hydrogens (tertiary/aromatic N) is 2. The Kier molecular flexibility index (Phi) is 3.95. The predicted octanol–water partition coefficient (Wildman–Crippen LogP) is 3.36. The number of oxazole rings is 2. The Labute approximate surface area is 102 Å². The number of hydrogen-bond acceptors (Lipinski definition) is 6. The molecule has 2 aromatic heterocycles. The van der Waals surface area contributed by atoms with Crippen molar-refractivity contribution >= 4 is 21.6 Å². The van der Waals surface area contributed by atoms with Gasteiger partial charge in [0, 0.05) is 0 Å². The quantitative estimate of drug-likeness (QED) is 0.604. The Hall–Kier alpha value is -0.880. The monoisotopic (exact) mass is 256 g/mol. The highest BCUT2D eigenvalue weighted by Gasteiger charge is 2.06. The van der Waals surface area contributed by atoms with E-state index in [0.29, 0.717) is 0 Å². The molecule has 16 heavy (non-hydrogen) atoms. The molecular formula is C10H12N2O2S2. The van der Waals surface area contributed by atoms with Crippen LogP contribution in [0.1, 0.15) is 22.9 Å². The lowest BCUT2D eigenvalue weighted by molar-refractivity contribution is 0.521. The molecule has 0 aromatic carbocycles. The van der Waals surface area contributed by atoms with Gasteiger partial charge >= 0.3 is 0 Å². The first kappa shape index (κ1) is 11.6. The van der Waals surface area contributed by atoms with Crippen LogP contribution in [0, 0.1) is 13.8 Å². The molecule has 0 unspecified atom stereocenters. The van der Waals surface area contributed by atoms with Crippen LogP contribution in [0.5, 0.6) is 0 Å². The maximum Gasteiger partial charge on any atom is 0.181 e. The third kappa shape index (κ3) is 2.82. The van der Waals surface area contributed by atoms with E-state index in [1.54, 1.807) is 21.6 Å². The summed E-state index contributed by atoms with van der Waals surface area (Å²) in [6.07, 6.45) is 2.97. The van der Waals surface area contributed by atoms with Crippen molar-refractivity contribution in [2.45, 2.75) is 25.4 Å². The first-order valence-electron chi connectivity index (χ1n) is 4.79. The Morgan fingerprint density at radius 1 is 0.938 bits per heavy atom. The van der Waals surface area contributed by atoms with Gasteiger partial charge in [0.1, 0.15) is 11.5 Å². The van der Waals surface area contributed by atoms with Gasteiger partial charge < -0.3 is 8.83 Å². The zero-order chi connectivity index (χ0) is 11.4. The van der Waals surface area contributed by atoms with Crippen LogP contribution in [0.15, 0.2) is 21.6 Å². The summed E-state index contributed by atoms with van der Waals surface area (Å²) in [6.45, 7) is 3.90. The molecular weight excluding hydrogens is 244 g/mol. The second-order valence-corrected chi connectivity index (χ2v) is 5.71. The second kappa shape index (κ2) is 5.45. The SMILES string of the molecule is Cc1ncoc1CSSCc1ocnc1C. The van der Waals surface area contributed by atoms with Crippen molar-refractivity contribution in [2.24, 2.45) is 0 Å². The molecule has 0 saturated carbocycles. The van der Waals surface area contributed by atoms with E-state index in [0.717, 1.165) is 34.4 Å². The minimum atomic E-state index is 0.823. The third-order valence-electron chi connectivity index (χ3n) is 2.15. The molecule has 2 aromatic rings. The second-order valence-electron chi connectivity index (χ2n) is 3.25. The van der Waals surface area contributed by atoms with Crippen molar-refractivity contribution in [3.63, 3.8) is 0 Å². The Morgan fingerprint density at radius 2 is 1.38 bits per heavy atom. The van der Waals surface area contributed by atoms with Crippen LogP contribution in [0.2, 0.25) is 0 Å². The molecule has 0 spiro atoms. The summed E-state index contributed by atoms with van der Waals surface area (Å²) in [5.74, 6) is 3.52. The molecule has 0 bridgehead atoms. The standard InChI is InChI=1S/C10H12N2O2S2/c1-7-9(13-5-11-7)3-15-16-4-10-8(2)12-6-14-10/h5-6H,3-4H2,1-2H3. The molecule has 0 aliphatic heterocycles. The zero-order valence-electron chi connectivity index (χ0n) is 9.10. The molecule has 0 aliphatic carbocycles. The van der Waals surface area contributed by atoms with Crippen molar-refractivity contribution in [1.82, 2.24) is 9.97 Å². The fourth-order valence-electron chi connectivity index (χ4n) is 1.12. The summed E-state index contributed by atoms with van der Waals surface area (Å²) < 4.78 is 10.5. The number of hydrogen-bond donors (Lipinski definition) is 0. The van der Waals surface area contributed by atoms with Gasteiger partial charge in [-0.3, -0.25) is 0 Å². The minimum Gasteiger partial charge on any atom is -0.447 e. The molecule has 4 nitrogen and oxygen atoms in total. The molecule has 0 amide bonds. The van der Waals surface area contributed by atoms with E-state index in [9.17, 15) is 0 Å². The van der Waals surface area contributed by atoms with E-state index in [-0.39, 0.29) is 0 Å². The summed E-state index contributed by atoms with van der Waals surface area (Å²) in [6, 6.07) is 0. The summed E-state index contributed by atoms with van der Waals surface area (Å²) in [5, 5.41) is 0. The summed E-state index contributed by atoms with van der Waals surface area (Å²) >= 11 is 0. The summed E-state index contributed by atoms with van der Waals surface area (Å²) in [5.41, 5.74) is 1.92. The molecule has 2 rings (SSSR count). The van der Waals surface area contributed by atoms with E-state index in [1.165, 1.54) is 12.8 Å². The maximum atomic E-state index is 5.24. The van der Waals surface area contributed by atoms with Crippen LogP contribution in [-0.4, -0.2) is 9.97 Å². The van der Waals surface area contributed by atoms with Crippen LogP contribution in [0.3, 0.4) is 0 Å². The van der Waals surface area contributed by atoms with Gasteiger partial charge in [0.25, 0.3) is 0 Å². The number of aryl methyl sites for hydroxylation is 2. The van der Waals surface area contributed by atoms with Crippen molar-refractivity contribution < 1.29 is 8.83 Å². The molecule has 6 heteroatoms. The number of aromatic nitrogens is 2. The van der Waals surface area contributed by atoms with Gasteiger partial charge in [-0.05, 0) is 13.8 Å². The molecule has 0 fully saturated rings. The fraction of sp³-hybridized carbons (Fsp3) is 0.400. The van der Waals surface area contributed by atoms with Gasteiger partial charge in [0.2, 0.25) is 0 Å². The van der Waals surface area contributed by atoms with Gasteiger partial charge in [0.05, 0.1) is 22.9 Å². The highest BCUT2D eigenvalue weighted by atomic mass is 33.1. The molecule has 0 radical (unpaired) electrons. The van der Waals surface area contributed by atoms with E-state index >= 15 is 0 Å². The van der Waals surface area contributed by atoms with Gasteiger partial charge in [-0.15, -0.1) is 0 Å². The van der Waals surface area contributed by atoms with Crippen molar-refractivity contribution in [2.75, 3.05) is 0 Å². The minimum absolute atomic E-state index is 0.823. The molecule has 0 aliphatic rings. The average Bonchev–Trinajstić information content (AvgIpc) is 2.84. The van der Waals surface area contributed by atoms with Crippen LogP contribution in [0.4, 0.5) is 0 Å². The van der Waals surface area contributed by atoms with E-state index in [4.69, 9.17) is 8.83 Å². The highest BCUT2D eigenvalue weighted by molar-refractivity contribution is 8.76. The molecule has 86 valence electrons. The lowest BCUT2D eigenvalue weighted by Crippen LogP contribution is -1.81. The van der Waals surface area contributed by atoms with E-state index in [1.807, 2.05) is 13.8 Å². The average molecular weight is 256 g/mol. The van der Waals surface area contributed by atoms with Crippen LogP contribution in [-0.2, 0) is 11.5 Å². The van der Waals surface area contributed by atoms with Gasteiger partial charge in [-0.25, -0.2) is 9.97 Å². The Bertz CT molecular complexity index is 411. The molecule has 0 saturated heterocycles. The fourth-order valence-corrected chi connectivity index (χ4v) is 3.20. The predicted molar refractivity (Wildman–Crippen MR) is 65.1 cm³/mol. The Morgan fingerprint density at radius 3 is 1.69 bits per heavy atom. The van der Waals surface area contributed by atoms with Crippen molar-refractivity contribution in [1.29, 1.82) is 0 Å². The van der Waals surface area contributed by atoms with Crippen molar-refractivity contribution in [3.8, 4) is 0 Å². The van der Waals surface area contributed by atoms with E-state index in [2.05, 4.69) is 9.97 Å². The summed E-state index contributed by atoms with van der Waals surface area (Å²) in [7, 11) is 3.45. The summed E-state index contributed by atoms with van der Waals surface area (Å²) in [4.78, 5) is 8.08. The third-order valence-corrected chi connectivity index (χ3v) is 4.29. The van der Waals surface area contributed by atoms with Gasteiger partial charge in [-0.1, -0.05) is 21.6 Å². The van der Waals surface area contributed by atoms with Crippen LogP contribution < -0.4 is 0 Å². The molecule has 2 heterocycles. The molecule has 0 N–H and O–H groups in total. The largest absolute Gasteiger partial charge is 0.447 e. The highest BCUT2D eigenvalue weighted by Crippen LogP contribution is 2.30. The van der Waals surface area contributed by atoms with Gasteiger partial charge in [-0.2, -0.15) is 0 Å². The maximum absolute atomic E-state index is 5.24. The topological polar surface area (TPSA) is 52.1 Å². The molecule has 0 atom stereocenters. The van der Waals surface area contributed by atoms with Crippen molar-refractivity contribution in [3.05, 3.63) is 35.7 Å². The smallest absolute Gasteiger partial charge is 0.181 e. The first-order chi connectivity index (χ1) is 7.77. The van der Waals surface area contributed by atoms with Gasteiger partial charge in [0.15, 0.2) is 12.8 Å². The lowest BCUT2D eigenvalue weighted by atomic mass is 10.4. The number of rotatable bonds is 5. The van der Waals surface area contributed by atoms with Crippen LogP contribution in [0.25, 0.3) is 0 Å². The van der Waals surface area contributed by atoms with Crippen LogP contribution >= 0.6 is 21.6 Å². The Balaban J connectivity index is 1.74. The zero-order valence-corrected chi connectivity index (χ0v) is 10.7. The first-order valence-corrected chi connectivity index (χ1v) is 7.28. The van der Waals surface area contributed by atoms with E-state index < -0.39 is 0 Å².